The summed E-state index contributed by atoms with van der Waals surface area (Å²) in [5.74, 6) is -0.276. The topological polar surface area (TPSA) is 60.2 Å². The lowest BCUT2D eigenvalue weighted by Crippen LogP contribution is -2.08. The quantitative estimate of drug-likeness (QED) is 0.881. The average Bonchev–Trinajstić information content (AvgIpc) is 2.34. The van der Waals surface area contributed by atoms with E-state index in [0.29, 0.717) is 16.3 Å². The highest BCUT2D eigenvalue weighted by molar-refractivity contribution is 7.90. The van der Waals surface area contributed by atoms with Crippen LogP contribution < -0.4 is 5.73 Å². The normalized spacial score (nSPS) is 11.5. The van der Waals surface area contributed by atoms with Gasteiger partial charge in [-0.15, -0.1) is 0 Å². The Hall–Kier alpha value is -1.23. The lowest BCUT2D eigenvalue weighted by atomic mass is 10.2. The molecule has 0 unspecified atom stereocenters. The van der Waals surface area contributed by atoms with Gasteiger partial charge in [-0.3, -0.25) is 0 Å². The molecule has 0 heterocycles. The molecule has 2 aromatic rings. The molecule has 6 heteroatoms. The molecule has 0 radical (unpaired) electrons. The molecular weight excluding hydrogens is 305 g/mol. The number of benzene rings is 2. The summed E-state index contributed by atoms with van der Waals surface area (Å²) in [6, 6.07) is 11.2. The molecule has 19 heavy (non-hydrogen) atoms. The van der Waals surface area contributed by atoms with Gasteiger partial charge < -0.3 is 5.73 Å². The molecule has 0 aliphatic carbocycles. The lowest BCUT2D eigenvalue weighted by molar-refractivity contribution is 0.595. The summed E-state index contributed by atoms with van der Waals surface area (Å²) in [5.41, 5.74) is 6.51. The Morgan fingerprint density at radius 2 is 1.58 bits per heavy atom. The Morgan fingerprint density at radius 1 is 0.947 bits per heavy atom. The van der Waals surface area contributed by atoms with E-state index in [1.165, 1.54) is 12.1 Å². The van der Waals surface area contributed by atoms with Crippen molar-refractivity contribution in [1.82, 2.24) is 0 Å². The van der Waals surface area contributed by atoms with Gasteiger partial charge in [0.1, 0.15) is 0 Å². The second-order valence-electron chi connectivity index (χ2n) is 4.00. The predicted molar refractivity (Wildman–Crippen MR) is 78.2 cm³/mol. The zero-order chi connectivity index (χ0) is 14.0. The van der Waals surface area contributed by atoms with Gasteiger partial charge in [0.25, 0.3) is 0 Å². The number of hydrogen-bond donors (Lipinski definition) is 1. The Kier molecular flexibility index (Phi) is 4.04. The Morgan fingerprint density at radius 3 is 2.21 bits per heavy atom. The molecule has 0 aliphatic heterocycles. The van der Waals surface area contributed by atoms with E-state index < -0.39 is 9.84 Å². The van der Waals surface area contributed by atoms with Crippen molar-refractivity contribution in [2.24, 2.45) is 0 Å². The molecule has 0 bridgehead atoms. The first-order chi connectivity index (χ1) is 8.92. The van der Waals surface area contributed by atoms with Gasteiger partial charge in [0, 0.05) is 16.3 Å². The first kappa shape index (κ1) is 14.2. The van der Waals surface area contributed by atoms with Crippen LogP contribution in [0.2, 0.25) is 10.0 Å². The van der Waals surface area contributed by atoms with Gasteiger partial charge in [-0.2, -0.15) is 0 Å². The molecule has 100 valence electrons. The van der Waals surface area contributed by atoms with Gasteiger partial charge in [-0.25, -0.2) is 8.42 Å². The molecule has 0 saturated carbocycles. The third-order valence-corrected chi connectivity index (χ3v) is 5.15. The molecular formula is C13H11Cl2NO2S. The highest BCUT2D eigenvalue weighted by Gasteiger charge is 2.21. The second kappa shape index (κ2) is 5.41. The molecule has 0 atom stereocenters. The third-order valence-electron chi connectivity index (χ3n) is 2.66. The van der Waals surface area contributed by atoms with Crippen molar-refractivity contribution < 1.29 is 8.42 Å². The minimum absolute atomic E-state index is 0.0796. The molecule has 2 aromatic carbocycles. The highest BCUT2D eigenvalue weighted by Crippen LogP contribution is 2.29. The average molecular weight is 316 g/mol. The zero-order valence-corrected chi connectivity index (χ0v) is 12.1. The third kappa shape index (κ3) is 3.03. The van der Waals surface area contributed by atoms with Crippen molar-refractivity contribution in [2.45, 2.75) is 10.6 Å². The monoisotopic (exact) mass is 315 g/mol. The van der Waals surface area contributed by atoms with Crippen molar-refractivity contribution in [3.63, 3.8) is 0 Å². The smallest absolute Gasteiger partial charge is 0.184 e. The SMILES string of the molecule is Nc1cccc(Cl)c1CS(=O)(=O)c1ccccc1Cl. The molecule has 0 amide bonds. The number of anilines is 1. The van der Waals surface area contributed by atoms with Crippen LogP contribution in [0.5, 0.6) is 0 Å². The van der Waals surface area contributed by atoms with Crippen LogP contribution in [0.25, 0.3) is 0 Å². The van der Waals surface area contributed by atoms with Crippen LogP contribution in [0, 0.1) is 0 Å². The molecule has 0 saturated heterocycles. The van der Waals surface area contributed by atoms with Crippen LogP contribution >= 0.6 is 23.2 Å². The van der Waals surface area contributed by atoms with Crippen molar-refractivity contribution in [1.29, 1.82) is 0 Å². The Bertz CT molecular complexity index is 694. The minimum atomic E-state index is -3.59. The fourth-order valence-electron chi connectivity index (χ4n) is 1.69. The molecule has 2 rings (SSSR count). The minimum Gasteiger partial charge on any atom is -0.398 e. The van der Waals surface area contributed by atoms with Crippen molar-refractivity contribution in [3.05, 3.63) is 58.1 Å². The summed E-state index contributed by atoms with van der Waals surface area (Å²) in [4.78, 5) is 0.0796. The summed E-state index contributed by atoms with van der Waals surface area (Å²) < 4.78 is 24.7. The van der Waals surface area contributed by atoms with Gasteiger partial charge in [0.2, 0.25) is 0 Å². The predicted octanol–water partition coefficient (Wildman–Crippen LogP) is 3.55. The molecule has 0 aliphatic rings. The molecule has 0 spiro atoms. The van der Waals surface area contributed by atoms with Crippen LogP contribution in [-0.4, -0.2) is 8.42 Å². The maximum absolute atomic E-state index is 12.3. The Labute approximate surface area is 121 Å². The fourth-order valence-corrected chi connectivity index (χ4v) is 4.02. The van der Waals surface area contributed by atoms with E-state index in [1.54, 1.807) is 30.3 Å². The van der Waals surface area contributed by atoms with E-state index in [0.717, 1.165) is 0 Å². The number of nitrogens with two attached hydrogens (primary N) is 1. The molecule has 0 fully saturated rings. The van der Waals surface area contributed by atoms with E-state index >= 15 is 0 Å². The van der Waals surface area contributed by atoms with Crippen LogP contribution in [-0.2, 0) is 15.6 Å². The lowest BCUT2D eigenvalue weighted by Gasteiger charge is -2.10. The maximum Gasteiger partial charge on any atom is 0.184 e. The highest BCUT2D eigenvalue weighted by atomic mass is 35.5. The standard InChI is InChI=1S/C13H11Cl2NO2S/c14-10-5-3-6-12(16)9(10)8-19(17,18)13-7-2-1-4-11(13)15/h1-7H,8,16H2. The first-order valence-electron chi connectivity index (χ1n) is 5.42. The number of hydrogen-bond acceptors (Lipinski definition) is 3. The van der Waals surface area contributed by atoms with Gasteiger partial charge in [0.15, 0.2) is 9.84 Å². The van der Waals surface area contributed by atoms with Crippen molar-refractivity contribution in [3.8, 4) is 0 Å². The van der Waals surface area contributed by atoms with E-state index in [1.807, 2.05) is 0 Å². The summed E-state index contributed by atoms with van der Waals surface area (Å²) in [6.07, 6.45) is 0. The summed E-state index contributed by atoms with van der Waals surface area (Å²) >= 11 is 11.9. The fraction of sp³-hybridized carbons (Fsp3) is 0.0769. The number of rotatable bonds is 3. The van der Waals surface area contributed by atoms with Crippen LogP contribution in [0.4, 0.5) is 5.69 Å². The number of sulfone groups is 1. The van der Waals surface area contributed by atoms with Gasteiger partial charge in [-0.1, -0.05) is 41.4 Å². The summed E-state index contributed by atoms with van der Waals surface area (Å²) in [5, 5.41) is 0.517. The first-order valence-corrected chi connectivity index (χ1v) is 7.83. The number of nitrogen functional groups attached to an aromatic ring is 1. The largest absolute Gasteiger partial charge is 0.398 e. The van der Waals surface area contributed by atoms with Crippen LogP contribution in [0.1, 0.15) is 5.56 Å². The van der Waals surface area contributed by atoms with Crippen LogP contribution in [0.3, 0.4) is 0 Å². The van der Waals surface area contributed by atoms with Crippen molar-refractivity contribution in [2.75, 3.05) is 5.73 Å². The molecule has 2 N–H and O–H groups in total. The van der Waals surface area contributed by atoms with E-state index in [9.17, 15) is 8.42 Å². The van der Waals surface area contributed by atoms with E-state index in [-0.39, 0.29) is 15.7 Å². The second-order valence-corrected chi connectivity index (χ2v) is 6.77. The van der Waals surface area contributed by atoms with Crippen LogP contribution in [0.15, 0.2) is 47.4 Å². The van der Waals surface area contributed by atoms with E-state index in [4.69, 9.17) is 28.9 Å². The zero-order valence-electron chi connectivity index (χ0n) is 9.81. The van der Waals surface area contributed by atoms with Gasteiger partial charge >= 0.3 is 0 Å². The summed E-state index contributed by atoms with van der Waals surface area (Å²) in [6.45, 7) is 0. The van der Waals surface area contributed by atoms with Gasteiger partial charge in [0.05, 0.1) is 15.7 Å². The summed E-state index contributed by atoms with van der Waals surface area (Å²) in [7, 11) is -3.59. The Balaban J connectivity index is 2.46. The van der Waals surface area contributed by atoms with Gasteiger partial charge in [-0.05, 0) is 24.3 Å². The van der Waals surface area contributed by atoms with Crippen molar-refractivity contribution >= 4 is 38.7 Å². The number of halogens is 2. The van der Waals surface area contributed by atoms with E-state index in [2.05, 4.69) is 0 Å². The molecule has 0 aromatic heterocycles. The maximum atomic E-state index is 12.3. The molecule has 3 nitrogen and oxygen atoms in total.